The highest BCUT2D eigenvalue weighted by atomic mass is 19.3. The Kier molecular flexibility index (Phi) is 7.59. The van der Waals surface area contributed by atoms with Crippen LogP contribution in [0.1, 0.15) is 33.6 Å². The van der Waals surface area contributed by atoms with E-state index in [1.807, 2.05) is 0 Å². The van der Waals surface area contributed by atoms with E-state index in [1.54, 1.807) is 0 Å². The number of fused-ring (bicyclic) bond motifs is 2. The quantitative estimate of drug-likeness (QED) is 0.294. The molecule has 2 aromatic carbocycles. The van der Waals surface area contributed by atoms with E-state index in [-0.39, 0.29) is 51.6 Å². The lowest BCUT2D eigenvalue weighted by Gasteiger charge is -2.42. The largest absolute Gasteiger partial charge is 0.586 e. The van der Waals surface area contributed by atoms with Gasteiger partial charge < -0.3 is 44.4 Å². The number of nitrogens with one attached hydrogen (secondary N) is 3. The SMILES string of the molecule is COc1ccnc(N[C@@H]2CCCN(C3COC3)C2)c1C(=O)Nc1cc2c(cc1C(=O)Nc1ccc3c(c1)OC(F)(F)O3)OC(F)(F)O2. The van der Waals surface area contributed by atoms with Gasteiger partial charge in [-0.05, 0) is 43.7 Å². The number of hydrogen-bond acceptors (Lipinski definition) is 11. The number of rotatable bonds is 8. The molecule has 248 valence electrons. The molecule has 0 radical (unpaired) electrons. The number of carbonyl (C=O) groups is 2. The van der Waals surface area contributed by atoms with Crippen LogP contribution in [0.3, 0.4) is 0 Å². The maximum atomic E-state index is 14.0. The first-order valence-corrected chi connectivity index (χ1v) is 14.5. The number of methoxy groups -OCH3 is 1. The standard InChI is InChI=1S/C30H27F4N5O8/c1-42-21-6-7-35-26(36-16-3-2-8-39(12-16)17-13-43-14-17)25(21)28(41)38-19-11-24-23(46-30(33,34)47-24)10-18(19)27(40)37-15-4-5-20-22(9-15)45-29(31,32)44-20/h4-7,9-11,16-17H,2-3,8,12-14H2,1H3,(H,35,36)(H,37,40)(H,38,41)/t16-/m1/s1. The Hall–Kier alpha value is -5.03. The van der Waals surface area contributed by atoms with E-state index in [0.29, 0.717) is 25.8 Å². The second-order valence-electron chi connectivity index (χ2n) is 11.2. The summed E-state index contributed by atoms with van der Waals surface area (Å²) in [5, 5.41) is 8.40. The molecule has 0 saturated carbocycles. The molecule has 13 nitrogen and oxygen atoms in total. The van der Waals surface area contributed by atoms with Gasteiger partial charge in [0.15, 0.2) is 23.0 Å². The van der Waals surface area contributed by atoms with Crippen molar-refractivity contribution in [1.82, 2.24) is 9.88 Å². The van der Waals surface area contributed by atoms with Crippen LogP contribution in [-0.2, 0) is 4.74 Å². The van der Waals surface area contributed by atoms with Crippen molar-refractivity contribution >= 4 is 29.0 Å². The Balaban J connectivity index is 1.16. The average Bonchev–Trinajstić information content (AvgIpc) is 3.47. The first kappa shape index (κ1) is 30.6. The molecule has 2 fully saturated rings. The number of pyridine rings is 1. The highest BCUT2D eigenvalue weighted by Gasteiger charge is 2.45. The van der Waals surface area contributed by atoms with E-state index in [0.717, 1.165) is 43.7 Å². The van der Waals surface area contributed by atoms with Crippen molar-refractivity contribution in [2.75, 3.05) is 49.4 Å². The molecule has 7 rings (SSSR count). The van der Waals surface area contributed by atoms with Gasteiger partial charge in [0.05, 0.1) is 37.6 Å². The highest BCUT2D eigenvalue weighted by Crippen LogP contribution is 2.45. The van der Waals surface area contributed by atoms with Crippen molar-refractivity contribution in [3.8, 4) is 28.7 Å². The lowest BCUT2D eigenvalue weighted by Crippen LogP contribution is -2.54. The van der Waals surface area contributed by atoms with Crippen LogP contribution >= 0.6 is 0 Å². The number of carbonyl (C=O) groups excluding carboxylic acids is 2. The van der Waals surface area contributed by atoms with Crippen LogP contribution in [0.4, 0.5) is 34.8 Å². The number of alkyl halides is 4. The summed E-state index contributed by atoms with van der Waals surface area (Å²) in [6.07, 6.45) is -4.69. The zero-order valence-corrected chi connectivity index (χ0v) is 24.6. The minimum absolute atomic E-state index is 0.00477. The van der Waals surface area contributed by atoms with Gasteiger partial charge >= 0.3 is 12.6 Å². The lowest BCUT2D eigenvalue weighted by molar-refractivity contribution is -0.287. The van der Waals surface area contributed by atoms with Crippen LogP contribution in [0.15, 0.2) is 42.6 Å². The Morgan fingerprint density at radius 3 is 2.32 bits per heavy atom. The first-order chi connectivity index (χ1) is 22.5. The fourth-order valence-corrected chi connectivity index (χ4v) is 5.72. The number of ether oxygens (including phenoxy) is 6. The number of aromatic nitrogens is 1. The monoisotopic (exact) mass is 661 g/mol. The number of piperidine rings is 1. The van der Waals surface area contributed by atoms with Crippen molar-refractivity contribution < 1.29 is 55.6 Å². The van der Waals surface area contributed by atoms with Crippen LogP contribution in [0, 0.1) is 0 Å². The second-order valence-corrected chi connectivity index (χ2v) is 11.2. The zero-order valence-electron chi connectivity index (χ0n) is 24.6. The highest BCUT2D eigenvalue weighted by molar-refractivity contribution is 6.15. The van der Waals surface area contributed by atoms with Gasteiger partial charge in [0.1, 0.15) is 17.1 Å². The van der Waals surface area contributed by atoms with Crippen LogP contribution in [-0.4, -0.2) is 79.8 Å². The molecule has 2 saturated heterocycles. The normalized spacial score (nSPS) is 20.7. The summed E-state index contributed by atoms with van der Waals surface area (Å²) in [7, 11) is 1.37. The Bertz CT molecular complexity index is 1740. The number of amides is 2. The second kappa shape index (κ2) is 11.6. The molecule has 17 heteroatoms. The van der Waals surface area contributed by atoms with Crippen LogP contribution in [0.2, 0.25) is 0 Å². The minimum atomic E-state index is -4.02. The fraction of sp³-hybridized carbons (Fsp3) is 0.367. The van der Waals surface area contributed by atoms with Crippen molar-refractivity contribution in [3.05, 3.63) is 53.7 Å². The number of benzene rings is 2. The summed E-state index contributed by atoms with van der Waals surface area (Å²) in [5.74, 6) is -2.80. The van der Waals surface area contributed by atoms with Gasteiger partial charge in [-0.3, -0.25) is 14.5 Å². The summed E-state index contributed by atoms with van der Waals surface area (Å²) < 4.78 is 83.6. The molecule has 1 atom stereocenters. The zero-order chi connectivity index (χ0) is 32.9. The molecule has 0 unspecified atom stereocenters. The number of likely N-dealkylation sites (tertiary alicyclic amines) is 1. The summed E-state index contributed by atoms with van der Waals surface area (Å²) in [4.78, 5) is 34.1. The summed E-state index contributed by atoms with van der Waals surface area (Å²) in [6.45, 7) is 2.96. The number of anilines is 3. The van der Waals surface area contributed by atoms with Crippen LogP contribution in [0.5, 0.6) is 28.7 Å². The molecule has 47 heavy (non-hydrogen) atoms. The molecule has 0 bridgehead atoms. The molecule has 3 N–H and O–H groups in total. The molecular formula is C30H27F4N5O8. The predicted molar refractivity (Wildman–Crippen MR) is 155 cm³/mol. The number of nitrogens with zero attached hydrogens (tertiary/aromatic N) is 2. The van der Waals surface area contributed by atoms with Gasteiger partial charge in [-0.2, -0.15) is 0 Å². The molecule has 0 aliphatic carbocycles. The van der Waals surface area contributed by atoms with Gasteiger partial charge in [0.2, 0.25) is 0 Å². The predicted octanol–water partition coefficient (Wildman–Crippen LogP) is 4.51. The maximum Gasteiger partial charge on any atom is 0.586 e. The molecule has 5 heterocycles. The minimum Gasteiger partial charge on any atom is -0.496 e. The van der Waals surface area contributed by atoms with E-state index < -0.39 is 35.9 Å². The van der Waals surface area contributed by atoms with Gasteiger partial charge in [-0.1, -0.05) is 0 Å². The third-order valence-electron chi connectivity index (χ3n) is 7.98. The summed E-state index contributed by atoms with van der Waals surface area (Å²) in [5.41, 5.74) is -0.536. The summed E-state index contributed by atoms with van der Waals surface area (Å²) >= 11 is 0. The molecule has 3 aromatic rings. The topological polar surface area (TPSA) is 142 Å². The molecule has 0 spiro atoms. The third kappa shape index (κ3) is 6.23. The maximum absolute atomic E-state index is 14.0. The number of halogens is 4. The van der Waals surface area contributed by atoms with Crippen molar-refractivity contribution in [2.45, 2.75) is 37.5 Å². The Morgan fingerprint density at radius 2 is 1.62 bits per heavy atom. The van der Waals surface area contributed by atoms with Gasteiger partial charge in [-0.25, -0.2) is 4.98 Å². The van der Waals surface area contributed by atoms with E-state index in [2.05, 4.69) is 44.8 Å². The third-order valence-corrected chi connectivity index (χ3v) is 7.98. The van der Waals surface area contributed by atoms with Gasteiger partial charge in [-0.15, -0.1) is 17.6 Å². The van der Waals surface area contributed by atoms with E-state index in [9.17, 15) is 27.2 Å². The fourth-order valence-electron chi connectivity index (χ4n) is 5.72. The van der Waals surface area contributed by atoms with Crippen LogP contribution in [0.25, 0.3) is 0 Å². The molecule has 4 aliphatic rings. The Morgan fingerprint density at radius 1 is 0.915 bits per heavy atom. The Labute approximate surface area is 264 Å². The van der Waals surface area contributed by atoms with E-state index in [4.69, 9.17) is 9.47 Å². The molecular weight excluding hydrogens is 634 g/mol. The molecule has 4 aliphatic heterocycles. The van der Waals surface area contributed by atoms with E-state index >= 15 is 0 Å². The smallest absolute Gasteiger partial charge is 0.496 e. The molecule has 2 amide bonds. The van der Waals surface area contributed by atoms with Gasteiger partial charge in [0, 0.05) is 36.6 Å². The van der Waals surface area contributed by atoms with Crippen molar-refractivity contribution in [1.29, 1.82) is 0 Å². The van der Waals surface area contributed by atoms with E-state index in [1.165, 1.54) is 25.4 Å². The summed E-state index contributed by atoms with van der Waals surface area (Å²) in [6, 6.07) is 7.26. The van der Waals surface area contributed by atoms with Crippen LogP contribution < -0.4 is 39.6 Å². The van der Waals surface area contributed by atoms with Crippen molar-refractivity contribution in [2.24, 2.45) is 0 Å². The van der Waals surface area contributed by atoms with Gasteiger partial charge in [0.25, 0.3) is 11.8 Å². The lowest BCUT2D eigenvalue weighted by atomic mass is 10.0. The first-order valence-electron chi connectivity index (χ1n) is 14.5. The van der Waals surface area contributed by atoms with Crippen molar-refractivity contribution in [3.63, 3.8) is 0 Å². The average molecular weight is 662 g/mol. The number of hydrogen-bond donors (Lipinski definition) is 3. The molecule has 1 aromatic heterocycles.